The topological polar surface area (TPSA) is 68.3 Å². The van der Waals surface area contributed by atoms with Gasteiger partial charge in [0.15, 0.2) is 11.5 Å². The van der Waals surface area contributed by atoms with Crippen LogP contribution in [0.2, 0.25) is 10.0 Å². The van der Waals surface area contributed by atoms with Gasteiger partial charge in [-0.2, -0.15) is 0 Å². The first-order valence-corrected chi connectivity index (χ1v) is 13.6. The molecule has 204 valence electrons. The highest BCUT2D eigenvalue weighted by Gasteiger charge is 2.24. The molecule has 2 amide bonds. The van der Waals surface area contributed by atoms with Gasteiger partial charge in [-0.3, -0.25) is 9.59 Å². The molecule has 0 saturated heterocycles. The molecule has 3 rings (SSSR count). The highest BCUT2D eigenvalue weighted by molar-refractivity contribution is 7.10. The lowest BCUT2D eigenvalue weighted by molar-refractivity contribution is -0.132. The van der Waals surface area contributed by atoms with Crippen LogP contribution in [0, 0.1) is 6.92 Å². The van der Waals surface area contributed by atoms with Gasteiger partial charge < -0.3 is 24.0 Å². The summed E-state index contributed by atoms with van der Waals surface area (Å²) in [5.41, 5.74) is 2.45. The predicted octanol–water partition coefficient (Wildman–Crippen LogP) is 5.74. The van der Waals surface area contributed by atoms with E-state index in [9.17, 15) is 9.59 Å². The number of benzene rings is 2. The summed E-state index contributed by atoms with van der Waals surface area (Å²) in [6.07, 6.45) is 0.604. The number of rotatable bonds is 13. The standard InChI is InChI=1S/C28H32Cl2N2O5S/c1-19-8-12-38-26(19)17-31(9-7-20-5-6-24(36-3)25(13-20)37-4)27(33)18-32(10-11-35-2)28(34)21-14-22(29)16-23(30)15-21/h5-6,8,12-16H,7,9-11,17-18H2,1-4H3. The molecule has 0 N–H and O–H groups in total. The lowest BCUT2D eigenvalue weighted by Crippen LogP contribution is -2.44. The number of halogens is 2. The van der Waals surface area contributed by atoms with Crippen LogP contribution in [0.5, 0.6) is 11.5 Å². The van der Waals surface area contributed by atoms with E-state index in [0.29, 0.717) is 46.6 Å². The fourth-order valence-corrected chi connectivity index (χ4v) is 5.36. The van der Waals surface area contributed by atoms with Crippen LogP contribution in [0.4, 0.5) is 0 Å². The highest BCUT2D eigenvalue weighted by Crippen LogP contribution is 2.28. The van der Waals surface area contributed by atoms with Gasteiger partial charge in [0.2, 0.25) is 5.91 Å². The van der Waals surface area contributed by atoms with Gasteiger partial charge in [-0.05, 0) is 66.2 Å². The lowest BCUT2D eigenvalue weighted by Gasteiger charge is -2.28. The Bertz CT molecular complexity index is 1230. The zero-order chi connectivity index (χ0) is 27.7. The van der Waals surface area contributed by atoms with Gasteiger partial charge in [-0.25, -0.2) is 0 Å². The number of aryl methyl sites for hydroxylation is 1. The smallest absolute Gasteiger partial charge is 0.254 e. The quantitative estimate of drug-likeness (QED) is 0.258. The third kappa shape index (κ3) is 8.11. The van der Waals surface area contributed by atoms with Crippen molar-refractivity contribution in [2.75, 3.05) is 47.6 Å². The summed E-state index contributed by atoms with van der Waals surface area (Å²) in [5.74, 6) is 0.767. The summed E-state index contributed by atoms with van der Waals surface area (Å²) < 4.78 is 16.0. The Morgan fingerprint density at radius 2 is 1.61 bits per heavy atom. The van der Waals surface area contributed by atoms with Crippen LogP contribution in [0.15, 0.2) is 47.8 Å². The van der Waals surface area contributed by atoms with Crippen LogP contribution in [0.3, 0.4) is 0 Å². The SMILES string of the molecule is COCCN(CC(=O)N(CCc1ccc(OC)c(OC)c1)Cc1sccc1C)C(=O)c1cc(Cl)cc(Cl)c1. The number of amides is 2. The van der Waals surface area contributed by atoms with Gasteiger partial charge in [0.05, 0.1) is 27.4 Å². The van der Waals surface area contributed by atoms with Gasteiger partial charge >= 0.3 is 0 Å². The molecule has 7 nitrogen and oxygen atoms in total. The first-order chi connectivity index (χ1) is 18.2. The Balaban J connectivity index is 1.82. The third-order valence-corrected chi connectivity index (χ3v) is 7.51. The van der Waals surface area contributed by atoms with Gasteiger partial charge in [-0.1, -0.05) is 29.3 Å². The van der Waals surface area contributed by atoms with Crippen LogP contribution >= 0.6 is 34.5 Å². The first-order valence-electron chi connectivity index (χ1n) is 12.0. The molecular weight excluding hydrogens is 547 g/mol. The fourth-order valence-electron chi connectivity index (χ4n) is 3.91. The molecule has 0 bridgehead atoms. The molecule has 0 radical (unpaired) electrons. The van der Waals surface area contributed by atoms with E-state index in [1.54, 1.807) is 55.8 Å². The molecule has 1 aromatic heterocycles. The summed E-state index contributed by atoms with van der Waals surface area (Å²) in [6, 6.07) is 12.4. The van der Waals surface area contributed by atoms with E-state index in [-0.39, 0.29) is 31.5 Å². The van der Waals surface area contributed by atoms with E-state index in [2.05, 4.69) is 0 Å². The Morgan fingerprint density at radius 3 is 2.21 bits per heavy atom. The number of ether oxygens (including phenoxy) is 3. The van der Waals surface area contributed by atoms with Crippen molar-refractivity contribution < 1.29 is 23.8 Å². The second-order valence-corrected chi connectivity index (χ2v) is 10.5. The number of nitrogens with zero attached hydrogens (tertiary/aromatic N) is 2. The van der Waals surface area contributed by atoms with Crippen molar-refractivity contribution in [1.82, 2.24) is 9.80 Å². The van der Waals surface area contributed by atoms with E-state index in [0.717, 1.165) is 16.0 Å². The van der Waals surface area contributed by atoms with Crippen molar-refractivity contribution in [3.8, 4) is 11.5 Å². The molecule has 38 heavy (non-hydrogen) atoms. The predicted molar refractivity (Wildman–Crippen MR) is 152 cm³/mol. The van der Waals surface area contributed by atoms with Crippen molar-refractivity contribution in [2.45, 2.75) is 19.9 Å². The minimum Gasteiger partial charge on any atom is -0.493 e. The molecule has 0 saturated carbocycles. The first kappa shape index (κ1) is 29.8. The van der Waals surface area contributed by atoms with E-state index < -0.39 is 0 Å². The van der Waals surface area contributed by atoms with Gasteiger partial charge in [0, 0.05) is 40.7 Å². The molecular formula is C28H32Cl2N2O5S. The Morgan fingerprint density at radius 1 is 0.895 bits per heavy atom. The van der Waals surface area contributed by atoms with Crippen molar-refractivity contribution in [1.29, 1.82) is 0 Å². The van der Waals surface area contributed by atoms with Gasteiger partial charge in [0.1, 0.15) is 6.54 Å². The van der Waals surface area contributed by atoms with Crippen molar-refractivity contribution >= 4 is 46.4 Å². The zero-order valence-corrected chi connectivity index (χ0v) is 24.3. The molecule has 0 aliphatic heterocycles. The fraction of sp³-hybridized carbons (Fsp3) is 0.357. The van der Waals surface area contributed by atoms with E-state index in [1.165, 1.54) is 4.90 Å². The summed E-state index contributed by atoms with van der Waals surface area (Å²) >= 11 is 13.9. The maximum Gasteiger partial charge on any atom is 0.254 e. The summed E-state index contributed by atoms with van der Waals surface area (Å²) in [4.78, 5) is 31.4. The highest BCUT2D eigenvalue weighted by atomic mass is 35.5. The molecule has 0 atom stereocenters. The van der Waals surface area contributed by atoms with Crippen LogP contribution in [-0.4, -0.2) is 69.2 Å². The third-order valence-electron chi connectivity index (χ3n) is 6.06. The molecule has 3 aromatic rings. The van der Waals surface area contributed by atoms with Crippen molar-refractivity contribution in [3.05, 3.63) is 79.5 Å². The van der Waals surface area contributed by atoms with Crippen molar-refractivity contribution in [3.63, 3.8) is 0 Å². The Hall–Kier alpha value is -2.78. The molecule has 0 spiro atoms. The molecule has 10 heteroatoms. The summed E-state index contributed by atoms with van der Waals surface area (Å²) in [5, 5.41) is 2.71. The number of carbonyl (C=O) groups is 2. The number of hydrogen-bond acceptors (Lipinski definition) is 6. The minimum atomic E-state index is -0.341. The minimum absolute atomic E-state index is 0.108. The molecule has 0 unspecified atom stereocenters. The number of methoxy groups -OCH3 is 3. The number of hydrogen-bond donors (Lipinski definition) is 0. The zero-order valence-electron chi connectivity index (χ0n) is 22.0. The summed E-state index contributed by atoms with van der Waals surface area (Å²) in [7, 11) is 4.74. The van der Waals surface area contributed by atoms with Crippen LogP contribution in [0.25, 0.3) is 0 Å². The lowest BCUT2D eigenvalue weighted by atomic mass is 10.1. The van der Waals surface area contributed by atoms with Gasteiger partial charge in [-0.15, -0.1) is 11.3 Å². The van der Waals surface area contributed by atoms with Crippen LogP contribution < -0.4 is 9.47 Å². The Kier molecular flexibility index (Phi) is 11.3. The average Bonchev–Trinajstić information content (AvgIpc) is 3.31. The van der Waals surface area contributed by atoms with E-state index in [4.69, 9.17) is 37.4 Å². The van der Waals surface area contributed by atoms with Crippen LogP contribution in [0.1, 0.15) is 26.4 Å². The molecule has 0 aliphatic rings. The molecule has 0 fully saturated rings. The largest absolute Gasteiger partial charge is 0.493 e. The Labute approximate surface area is 237 Å². The average molecular weight is 580 g/mol. The number of thiophene rings is 1. The number of carbonyl (C=O) groups excluding carboxylic acids is 2. The van der Waals surface area contributed by atoms with Gasteiger partial charge in [0.25, 0.3) is 5.91 Å². The van der Waals surface area contributed by atoms with Crippen LogP contribution in [-0.2, 0) is 22.5 Å². The second kappa shape index (κ2) is 14.4. The molecule has 0 aliphatic carbocycles. The maximum atomic E-state index is 13.7. The van der Waals surface area contributed by atoms with E-state index >= 15 is 0 Å². The van der Waals surface area contributed by atoms with Crippen molar-refractivity contribution in [2.24, 2.45) is 0 Å². The molecule has 2 aromatic carbocycles. The monoisotopic (exact) mass is 578 g/mol. The van der Waals surface area contributed by atoms with E-state index in [1.807, 2.05) is 36.6 Å². The molecule has 1 heterocycles. The normalized spacial score (nSPS) is 10.8. The summed E-state index contributed by atoms with van der Waals surface area (Å²) in [6.45, 7) is 3.35. The maximum absolute atomic E-state index is 13.7. The second-order valence-electron chi connectivity index (χ2n) is 8.66.